The van der Waals surface area contributed by atoms with E-state index in [0.29, 0.717) is 6.04 Å². The van der Waals surface area contributed by atoms with E-state index < -0.39 is 0 Å². The Morgan fingerprint density at radius 2 is 2.09 bits per heavy atom. The van der Waals surface area contributed by atoms with Crippen molar-refractivity contribution in [2.24, 2.45) is 0 Å². The fourth-order valence-electron chi connectivity index (χ4n) is 2.70. The van der Waals surface area contributed by atoms with Crippen LogP contribution >= 0.6 is 0 Å². The molecule has 1 atom stereocenters. The van der Waals surface area contributed by atoms with Crippen molar-refractivity contribution >= 4 is 17.6 Å². The van der Waals surface area contributed by atoms with Crippen molar-refractivity contribution in [3.63, 3.8) is 0 Å². The van der Waals surface area contributed by atoms with Gasteiger partial charge in [-0.15, -0.1) is 0 Å². The molecule has 0 saturated carbocycles. The van der Waals surface area contributed by atoms with Gasteiger partial charge in [0.15, 0.2) is 0 Å². The van der Waals surface area contributed by atoms with E-state index in [4.69, 9.17) is 0 Å². The lowest BCUT2D eigenvalue weighted by Gasteiger charge is -2.34. The molecule has 0 radical (unpaired) electrons. The third-order valence-corrected chi connectivity index (χ3v) is 3.79. The highest BCUT2D eigenvalue weighted by Gasteiger charge is 2.21. The van der Waals surface area contributed by atoms with Crippen LogP contribution < -0.4 is 15.1 Å². The fraction of sp³-hybridized carbons (Fsp3) is 0.438. The number of hydrogen-bond acceptors (Lipinski definition) is 6. The maximum absolute atomic E-state index is 4.53. The summed E-state index contributed by atoms with van der Waals surface area (Å²) in [4.78, 5) is 17.5. The molecule has 1 aliphatic heterocycles. The Bertz CT molecular complexity index is 601. The number of anilines is 3. The summed E-state index contributed by atoms with van der Waals surface area (Å²) in [6, 6.07) is 8.35. The van der Waals surface area contributed by atoms with Gasteiger partial charge < -0.3 is 15.1 Å². The van der Waals surface area contributed by atoms with E-state index >= 15 is 0 Å². The molecule has 0 amide bonds. The van der Waals surface area contributed by atoms with E-state index in [9.17, 15) is 0 Å². The van der Waals surface area contributed by atoms with Crippen molar-refractivity contribution in [2.45, 2.75) is 18.9 Å². The zero-order chi connectivity index (χ0) is 15.4. The van der Waals surface area contributed by atoms with Crippen LogP contribution in [0.3, 0.4) is 0 Å². The van der Waals surface area contributed by atoms with E-state index in [1.807, 2.05) is 43.4 Å². The van der Waals surface area contributed by atoms with Gasteiger partial charge in [-0.25, -0.2) is 9.97 Å². The predicted molar refractivity (Wildman–Crippen MR) is 89.5 cm³/mol. The van der Waals surface area contributed by atoms with Crippen LogP contribution in [0, 0.1) is 0 Å². The zero-order valence-electron chi connectivity index (χ0n) is 13.1. The van der Waals surface area contributed by atoms with Crippen LogP contribution in [0.25, 0.3) is 0 Å². The van der Waals surface area contributed by atoms with Crippen molar-refractivity contribution in [1.29, 1.82) is 0 Å². The molecule has 2 aromatic heterocycles. The molecule has 116 valence electrons. The van der Waals surface area contributed by atoms with Crippen molar-refractivity contribution < 1.29 is 0 Å². The molecule has 1 unspecified atom stereocenters. The molecule has 1 N–H and O–H groups in total. The molecule has 0 bridgehead atoms. The van der Waals surface area contributed by atoms with Crippen LogP contribution in [0.4, 0.5) is 17.6 Å². The van der Waals surface area contributed by atoms with Crippen molar-refractivity contribution in [3.8, 4) is 0 Å². The van der Waals surface area contributed by atoms with E-state index in [1.54, 1.807) is 6.20 Å². The molecule has 6 nitrogen and oxygen atoms in total. The fourth-order valence-corrected chi connectivity index (χ4v) is 2.70. The molecule has 1 aliphatic rings. The standard InChI is InChI=1S/C16H22N6/c1-21(2)16-18-10-8-14(20-16)19-13-6-5-11-22(12-13)15-7-3-4-9-17-15/h3-4,7-10,13H,5-6,11-12H2,1-2H3,(H,18,19,20). The lowest BCUT2D eigenvalue weighted by Crippen LogP contribution is -2.42. The van der Waals surface area contributed by atoms with Gasteiger partial charge in [0.2, 0.25) is 5.95 Å². The molecular formula is C16H22N6. The number of pyridine rings is 1. The van der Waals surface area contributed by atoms with E-state index in [-0.39, 0.29) is 0 Å². The van der Waals surface area contributed by atoms with Gasteiger partial charge in [-0.2, -0.15) is 4.98 Å². The lowest BCUT2D eigenvalue weighted by atomic mass is 10.1. The molecule has 22 heavy (non-hydrogen) atoms. The van der Waals surface area contributed by atoms with Gasteiger partial charge in [0, 0.05) is 45.6 Å². The van der Waals surface area contributed by atoms with Gasteiger partial charge >= 0.3 is 0 Å². The highest BCUT2D eigenvalue weighted by molar-refractivity contribution is 5.43. The third-order valence-electron chi connectivity index (χ3n) is 3.79. The van der Waals surface area contributed by atoms with E-state index in [1.165, 1.54) is 0 Å². The summed E-state index contributed by atoms with van der Waals surface area (Å²) < 4.78 is 0. The summed E-state index contributed by atoms with van der Waals surface area (Å²) in [5, 5.41) is 3.53. The molecule has 0 aliphatic carbocycles. The van der Waals surface area contributed by atoms with Crippen molar-refractivity contribution in [2.75, 3.05) is 42.3 Å². The Morgan fingerprint density at radius 3 is 2.86 bits per heavy atom. The largest absolute Gasteiger partial charge is 0.365 e. The van der Waals surface area contributed by atoms with E-state index in [2.05, 4.69) is 31.2 Å². The number of nitrogens with one attached hydrogen (secondary N) is 1. The molecule has 1 fully saturated rings. The topological polar surface area (TPSA) is 57.2 Å². The normalized spacial score (nSPS) is 18.1. The van der Waals surface area contributed by atoms with Gasteiger partial charge in [0.25, 0.3) is 0 Å². The summed E-state index contributed by atoms with van der Waals surface area (Å²) in [5.74, 6) is 2.65. The molecule has 0 spiro atoms. The first-order valence-electron chi connectivity index (χ1n) is 7.65. The maximum Gasteiger partial charge on any atom is 0.226 e. The molecule has 3 rings (SSSR count). The average molecular weight is 298 g/mol. The lowest BCUT2D eigenvalue weighted by molar-refractivity contribution is 0.525. The first kappa shape index (κ1) is 14.6. The number of rotatable bonds is 4. The van der Waals surface area contributed by atoms with Crippen LogP contribution in [0.5, 0.6) is 0 Å². The second-order valence-corrected chi connectivity index (χ2v) is 5.75. The number of aromatic nitrogens is 3. The molecule has 0 aromatic carbocycles. The Kier molecular flexibility index (Phi) is 4.37. The Balaban J connectivity index is 1.67. The Morgan fingerprint density at radius 1 is 1.18 bits per heavy atom. The van der Waals surface area contributed by atoms with E-state index in [0.717, 1.165) is 43.5 Å². The minimum absolute atomic E-state index is 0.376. The summed E-state index contributed by atoms with van der Waals surface area (Å²) in [7, 11) is 3.89. The number of nitrogens with zero attached hydrogens (tertiary/aromatic N) is 5. The van der Waals surface area contributed by atoms with Gasteiger partial charge in [-0.05, 0) is 31.0 Å². The van der Waals surface area contributed by atoms with Gasteiger partial charge in [-0.3, -0.25) is 0 Å². The van der Waals surface area contributed by atoms with Gasteiger partial charge in [0.05, 0.1) is 0 Å². The molecular weight excluding hydrogens is 276 g/mol. The second-order valence-electron chi connectivity index (χ2n) is 5.75. The van der Waals surface area contributed by atoms with Crippen LogP contribution in [0.15, 0.2) is 36.7 Å². The highest BCUT2D eigenvalue weighted by Crippen LogP contribution is 2.20. The number of piperidine rings is 1. The van der Waals surface area contributed by atoms with Gasteiger partial charge in [0.1, 0.15) is 11.6 Å². The van der Waals surface area contributed by atoms with Crippen LogP contribution in [-0.2, 0) is 0 Å². The Hall–Kier alpha value is -2.37. The minimum Gasteiger partial charge on any atom is -0.365 e. The SMILES string of the molecule is CN(C)c1nccc(NC2CCCN(c3ccccn3)C2)n1. The first-order valence-corrected chi connectivity index (χ1v) is 7.65. The van der Waals surface area contributed by atoms with Crippen molar-refractivity contribution in [1.82, 2.24) is 15.0 Å². The molecule has 2 aromatic rings. The quantitative estimate of drug-likeness (QED) is 0.932. The molecule has 1 saturated heterocycles. The summed E-state index contributed by atoms with van der Waals surface area (Å²) in [6.07, 6.45) is 5.94. The molecule has 6 heteroatoms. The smallest absolute Gasteiger partial charge is 0.226 e. The summed E-state index contributed by atoms with van der Waals surface area (Å²) in [5.41, 5.74) is 0. The first-order chi connectivity index (χ1) is 10.7. The average Bonchev–Trinajstić information content (AvgIpc) is 2.56. The maximum atomic E-state index is 4.53. The minimum atomic E-state index is 0.376. The van der Waals surface area contributed by atoms with Crippen LogP contribution in [-0.4, -0.2) is 48.2 Å². The highest BCUT2D eigenvalue weighted by atomic mass is 15.2. The van der Waals surface area contributed by atoms with Crippen LogP contribution in [0.2, 0.25) is 0 Å². The summed E-state index contributed by atoms with van der Waals surface area (Å²) >= 11 is 0. The summed E-state index contributed by atoms with van der Waals surface area (Å²) in [6.45, 7) is 2.00. The number of hydrogen-bond donors (Lipinski definition) is 1. The third kappa shape index (κ3) is 3.44. The second kappa shape index (κ2) is 6.60. The van der Waals surface area contributed by atoms with Gasteiger partial charge in [-0.1, -0.05) is 6.07 Å². The molecule has 3 heterocycles. The predicted octanol–water partition coefficient (Wildman–Crippen LogP) is 2.02. The monoisotopic (exact) mass is 298 g/mol. The zero-order valence-corrected chi connectivity index (χ0v) is 13.1. The Labute approximate surface area is 131 Å². The van der Waals surface area contributed by atoms with Crippen LogP contribution in [0.1, 0.15) is 12.8 Å². The van der Waals surface area contributed by atoms with Crippen molar-refractivity contribution in [3.05, 3.63) is 36.7 Å².